The molecule has 1 rings (SSSR count). The van der Waals surface area contributed by atoms with Gasteiger partial charge in [-0.15, -0.1) is 0 Å². The van der Waals surface area contributed by atoms with E-state index in [4.69, 9.17) is 4.74 Å². The van der Waals surface area contributed by atoms with E-state index in [9.17, 15) is 0 Å². The van der Waals surface area contributed by atoms with E-state index >= 15 is 0 Å². The molecule has 0 aromatic heterocycles. The molecule has 1 saturated carbocycles. The van der Waals surface area contributed by atoms with Gasteiger partial charge in [0.2, 0.25) is 0 Å². The summed E-state index contributed by atoms with van der Waals surface area (Å²) in [6.07, 6.45) is 6.35. The molecule has 1 aliphatic carbocycles. The van der Waals surface area contributed by atoms with Crippen LogP contribution in [0, 0.1) is 5.92 Å². The van der Waals surface area contributed by atoms with Gasteiger partial charge in [-0.2, -0.15) is 0 Å². The number of hydrogen-bond donors (Lipinski definition) is 0. The molecule has 11 heavy (non-hydrogen) atoms. The van der Waals surface area contributed by atoms with Crippen LogP contribution >= 0.6 is 0 Å². The van der Waals surface area contributed by atoms with E-state index in [0.29, 0.717) is 12.2 Å². The molecule has 0 aromatic carbocycles. The van der Waals surface area contributed by atoms with Gasteiger partial charge in [0.25, 0.3) is 0 Å². The average molecular weight is 156 g/mol. The normalized spacial score (nSPS) is 32.7. The molecule has 0 bridgehead atoms. The minimum Gasteiger partial charge on any atom is -0.375 e. The van der Waals surface area contributed by atoms with Gasteiger partial charge in [0.15, 0.2) is 0 Å². The molecule has 0 amide bonds. The van der Waals surface area contributed by atoms with Crippen LogP contribution in [0.5, 0.6) is 0 Å². The summed E-state index contributed by atoms with van der Waals surface area (Å²) in [5.74, 6) is 0.783. The van der Waals surface area contributed by atoms with E-state index in [0.717, 1.165) is 5.92 Å². The van der Waals surface area contributed by atoms with Crippen molar-refractivity contribution in [3.8, 4) is 0 Å². The smallest absolute Gasteiger partial charge is 0.0604 e. The van der Waals surface area contributed by atoms with Crippen LogP contribution in [0.15, 0.2) is 0 Å². The van der Waals surface area contributed by atoms with Gasteiger partial charge < -0.3 is 4.74 Å². The lowest BCUT2D eigenvalue weighted by molar-refractivity contribution is -0.0400. The molecule has 0 spiro atoms. The zero-order valence-corrected chi connectivity index (χ0v) is 7.97. The Morgan fingerprint density at radius 2 is 1.82 bits per heavy atom. The molecule has 0 aromatic rings. The van der Waals surface area contributed by atoms with Gasteiger partial charge in [-0.05, 0) is 32.6 Å². The molecule has 0 unspecified atom stereocenters. The van der Waals surface area contributed by atoms with Gasteiger partial charge >= 0.3 is 0 Å². The second kappa shape index (κ2) is 4.10. The van der Waals surface area contributed by atoms with Crippen molar-refractivity contribution in [2.75, 3.05) is 0 Å². The van der Waals surface area contributed by atoms with Gasteiger partial charge in [-0.3, -0.25) is 0 Å². The Morgan fingerprint density at radius 3 is 2.36 bits per heavy atom. The lowest BCUT2D eigenvalue weighted by Gasteiger charge is -2.30. The van der Waals surface area contributed by atoms with Crippen LogP contribution in [0.25, 0.3) is 0 Å². The molecular formula is C10H20O. The SMILES string of the molecule is CC(C)O[C@H]1CCCC[C@H]1C. The van der Waals surface area contributed by atoms with Crippen molar-refractivity contribution in [1.29, 1.82) is 0 Å². The first-order valence-corrected chi connectivity index (χ1v) is 4.85. The lowest BCUT2D eigenvalue weighted by atomic mass is 9.88. The second-order valence-corrected chi connectivity index (χ2v) is 3.99. The molecule has 0 heterocycles. The van der Waals surface area contributed by atoms with Gasteiger partial charge in [-0.25, -0.2) is 0 Å². The zero-order chi connectivity index (χ0) is 8.27. The Morgan fingerprint density at radius 1 is 1.18 bits per heavy atom. The van der Waals surface area contributed by atoms with E-state index in [1.165, 1.54) is 25.7 Å². The first-order valence-electron chi connectivity index (χ1n) is 4.85. The van der Waals surface area contributed by atoms with Gasteiger partial charge in [0, 0.05) is 0 Å². The quantitative estimate of drug-likeness (QED) is 0.597. The molecule has 0 aliphatic heterocycles. The van der Waals surface area contributed by atoms with Gasteiger partial charge in [0.1, 0.15) is 0 Å². The highest BCUT2D eigenvalue weighted by Crippen LogP contribution is 2.26. The topological polar surface area (TPSA) is 9.23 Å². The maximum atomic E-state index is 5.80. The molecular weight excluding hydrogens is 136 g/mol. The predicted octanol–water partition coefficient (Wildman–Crippen LogP) is 2.99. The monoisotopic (exact) mass is 156 g/mol. The van der Waals surface area contributed by atoms with Crippen LogP contribution in [0.3, 0.4) is 0 Å². The maximum absolute atomic E-state index is 5.80. The number of ether oxygens (including phenoxy) is 1. The zero-order valence-electron chi connectivity index (χ0n) is 7.97. The molecule has 1 heteroatoms. The summed E-state index contributed by atoms with van der Waals surface area (Å²) in [5, 5.41) is 0. The molecule has 0 radical (unpaired) electrons. The highest BCUT2D eigenvalue weighted by atomic mass is 16.5. The first-order chi connectivity index (χ1) is 5.20. The third-order valence-electron chi connectivity index (χ3n) is 2.48. The van der Waals surface area contributed by atoms with Crippen LogP contribution in [0.2, 0.25) is 0 Å². The third kappa shape index (κ3) is 2.82. The molecule has 0 saturated heterocycles. The molecule has 66 valence electrons. The van der Waals surface area contributed by atoms with Gasteiger partial charge in [0.05, 0.1) is 12.2 Å². The van der Waals surface area contributed by atoms with Crippen molar-refractivity contribution in [2.24, 2.45) is 5.92 Å². The number of hydrogen-bond acceptors (Lipinski definition) is 1. The molecule has 1 fully saturated rings. The van der Waals surface area contributed by atoms with E-state index in [1.807, 2.05) is 0 Å². The first kappa shape index (κ1) is 9.05. The summed E-state index contributed by atoms with van der Waals surface area (Å²) in [5.41, 5.74) is 0. The second-order valence-electron chi connectivity index (χ2n) is 3.99. The maximum Gasteiger partial charge on any atom is 0.0604 e. The van der Waals surface area contributed by atoms with Crippen LogP contribution in [-0.2, 0) is 4.74 Å². The third-order valence-corrected chi connectivity index (χ3v) is 2.48. The van der Waals surface area contributed by atoms with Crippen molar-refractivity contribution < 1.29 is 4.74 Å². The Balaban J connectivity index is 2.29. The highest BCUT2D eigenvalue weighted by Gasteiger charge is 2.22. The Bertz CT molecular complexity index is 109. The molecule has 1 nitrogen and oxygen atoms in total. The summed E-state index contributed by atoms with van der Waals surface area (Å²) < 4.78 is 5.80. The largest absolute Gasteiger partial charge is 0.375 e. The van der Waals surface area contributed by atoms with Gasteiger partial charge in [-0.1, -0.05) is 19.8 Å². The average Bonchev–Trinajstić information content (AvgIpc) is 1.93. The molecule has 2 atom stereocenters. The highest BCUT2D eigenvalue weighted by molar-refractivity contribution is 4.72. The van der Waals surface area contributed by atoms with E-state index in [-0.39, 0.29) is 0 Å². The van der Waals surface area contributed by atoms with Crippen molar-refractivity contribution >= 4 is 0 Å². The Labute approximate surface area is 70.1 Å². The minimum absolute atomic E-state index is 0.403. The van der Waals surface area contributed by atoms with Crippen molar-refractivity contribution in [3.05, 3.63) is 0 Å². The fraction of sp³-hybridized carbons (Fsp3) is 1.00. The summed E-state index contributed by atoms with van der Waals surface area (Å²) in [4.78, 5) is 0. The van der Waals surface area contributed by atoms with Crippen LogP contribution < -0.4 is 0 Å². The standard InChI is InChI=1S/C10H20O/c1-8(2)11-10-7-5-4-6-9(10)3/h8-10H,4-7H2,1-3H3/t9-,10+/m1/s1. The summed E-state index contributed by atoms with van der Waals surface area (Å²) in [7, 11) is 0. The lowest BCUT2D eigenvalue weighted by Crippen LogP contribution is -2.28. The van der Waals surface area contributed by atoms with E-state index in [2.05, 4.69) is 20.8 Å². The summed E-state index contributed by atoms with van der Waals surface area (Å²) in [6.45, 7) is 6.56. The predicted molar refractivity (Wildman–Crippen MR) is 47.6 cm³/mol. The summed E-state index contributed by atoms with van der Waals surface area (Å²) in [6, 6.07) is 0. The van der Waals surface area contributed by atoms with Crippen LogP contribution in [0.1, 0.15) is 46.5 Å². The Hall–Kier alpha value is -0.0400. The van der Waals surface area contributed by atoms with Crippen molar-refractivity contribution in [3.63, 3.8) is 0 Å². The minimum atomic E-state index is 0.403. The molecule has 1 aliphatic rings. The molecule has 0 N–H and O–H groups in total. The fourth-order valence-electron chi connectivity index (χ4n) is 1.83. The Kier molecular flexibility index (Phi) is 3.38. The fourth-order valence-corrected chi connectivity index (χ4v) is 1.83. The van der Waals surface area contributed by atoms with E-state index < -0.39 is 0 Å². The van der Waals surface area contributed by atoms with E-state index in [1.54, 1.807) is 0 Å². The van der Waals surface area contributed by atoms with Crippen molar-refractivity contribution in [2.45, 2.75) is 58.7 Å². The number of rotatable bonds is 2. The summed E-state index contributed by atoms with van der Waals surface area (Å²) >= 11 is 0. The van der Waals surface area contributed by atoms with Crippen molar-refractivity contribution in [1.82, 2.24) is 0 Å². The van der Waals surface area contributed by atoms with Crippen LogP contribution in [-0.4, -0.2) is 12.2 Å². The van der Waals surface area contributed by atoms with Crippen LogP contribution in [0.4, 0.5) is 0 Å².